The van der Waals surface area contributed by atoms with Crippen LogP contribution in [0.15, 0.2) is 30.3 Å². The van der Waals surface area contributed by atoms with E-state index in [9.17, 15) is 13.6 Å². The maximum absolute atomic E-state index is 11.3. The lowest BCUT2D eigenvalue weighted by atomic mass is 9.95. The molecule has 0 saturated heterocycles. The van der Waals surface area contributed by atoms with E-state index >= 15 is 0 Å². The molecule has 0 bridgehead atoms. The molecular weight excluding hydrogens is 238 g/mol. The van der Waals surface area contributed by atoms with Crippen LogP contribution in [-0.4, -0.2) is 20.3 Å². The maximum atomic E-state index is 11.3. The Labute approximate surface area is 102 Å². The van der Waals surface area contributed by atoms with E-state index in [-0.39, 0.29) is 10.6 Å². The molecule has 17 heavy (non-hydrogen) atoms. The van der Waals surface area contributed by atoms with E-state index in [0.717, 1.165) is 6.08 Å². The molecule has 1 aromatic rings. The minimum absolute atomic E-state index is 0.0494. The van der Waals surface area contributed by atoms with Gasteiger partial charge in [0.05, 0.1) is 0 Å². The van der Waals surface area contributed by atoms with E-state index in [1.54, 1.807) is 24.3 Å². The number of carbonyl (C=O) groups is 1. The first-order valence-corrected chi connectivity index (χ1v) is 6.22. The number of allylic oxidation sites excluding steroid dienone is 1. The normalized spacial score (nSPS) is 15.4. The minimum Gasteiger partial charge on any atom is -0.768 e. The quantitative estimate of drug-likeness (QED) is 0.773. The second-order valence-corrected chi connectivity index (χ2v) is 3.94. The third-order valence-electron chi connectivity index (χ3n) is 2.15. The smallest absolute Gasteiger partial charge is 0.205 e. The molecule has 0 aromatic heterocycles. The summed E-state index contributed by atoms with van der Waals surface area (Å²) in [5.41, 5.74) is 0.611. The van der Waals surface area contributed by atoms with Crippen molar-refractivity contribution in [2.24, 2.45) is 0 Å². The van der Waals surface area contributed by atoms with Gasteiger partial charge in [0, 0.05) is 16.5 Å². The van der Waals surface area contributed by atoms with Gasteiger partial charge in [-0.2, -0.15) is 0 Å². The third kappa shape index (κ3) is 2.57. The Hall–Kier alpha value is -1.59. The van der Waals surface area contributed by atoms with Gasteiger partial charge >= 0.3 is 0 Å². The van der Waals surface area contributed by atoms with Gasteiger partial charge in [-0.05, 0) is 16.6 Å². The molecule has 1 atom stereocenters. The molecule has 5 heteroatoms. The highest BCUT2D eigenvalue weighted by molar-refractivity contribution is 7.89. The van der Waals surface area contributed by atoms with Crippen LogP contribution in [0, 0.1) is 5.41 Å². The Bertz CT molecular complexity index is 520. The average Bonchev–Trinajstić information content (AvgIpc) is 2.36. The molecule has 0 saturated carbocycles. The number of nitrogens with one attached hydrogen (secondary N) is 1. The highest BCUT2D eigenvalue weighted by atomic mass is 32.2. The van der Waals surface area contributed by atoms with Gasteiger partial charge in [-0.15, -0.1) is 0 Å². The molecule has 90 valence electrons. The van der Waals surface area contributed by atoms with Crippen LogP contribution in [0.4, 0.5) is 0 Å². The largest absolute Gasteiger partial charge is 0.768 e. The molecule has 0 heterocycles. The fourth-order valence-electron chi connectivity index (χ4n) is 1.46. The standard InChI is InChI=1S/C10H7NO3S.C2H6/c11-10-7-4-2-1-3-6(7)9(15(13)14)5-8(10)12;1-2/h1-5,11H,(H,13,14);1-2H3/p-1. The van der Waals surface area contributed by atoms with Crippen molar-refractivity contribution < 1.29 is 13.6 Å². The maximum Gasteiger partial charge on any atom is 0.205 e. The lowest BCUT2D eigenvalue weighted by molar-refractivity contribution is -0.108. The molecule has 1 unspecified atom stereocenters. The van der Waals surface area contributed by atoms with E-state index in [1.165, 1.54) is 0 Å². The van der Waals surface area contributed by atoms with Crippen LogP contribution in [0.1, 0.15) is 25.0 Å². The van der Waals surface area contributed by atoms with Gasteiger partial charge in [-0.25, -0.2) is 0 Å². The summed E-state index contributed by atoms with van der Waals surface area (Å²) in [7, 11) is 0. The highest BCUT2D eigenvalue weighted by Crippen LogP contribution is 2.26. The zero-order valence-electron chi connectivity index (χ0n) is 9.52. The molecule has 0 radical (unpaired) electrons. The van der Waals surface area contributed by atoms with Gasteiger partial charge in [-0.1, -0.05) is 38.1 Å². The molecule has 0 fully saturated rings. The first-order valence-electron chi connectivity index (χ1n) is 5.15. The van der Waals surface area contributed by atoms with Crippen molar-refractivity contribution in [3.8, 4) is 0 Å². The Morgan fingerprint density at radius 1 is 1.18 bits per heavy atom. The summed E-state index contributed by atoms with van der Waals surface area (Å²) < 4.78 is 21.8. The number of fused-ring (bicyclic) bond motifs is 1. The second kappa shape index (κ2) is 5.65. The molecule has 0 amide bonds. The number of ketones is 1. The summed E-state index contributed by atoms with van der Waals surface area (Å²) in [6.45, 7) is 4.00. The van der Waals surface area contributed by atoms with Crippen molar-refractivity contribution in [2.45, 2.75) is 13.8 Å². The summed E-state index contributed by atoms with van der Waals surface area (Å²) in [6.07, 6.45) is 0.980. The van der Waals surface area contributed by atoms with Crippen molar-refractivity contribution in [2.75, 3.05) is 0 Å². The molecular formula is C12H12NO3S-. The van der Waals surface area contributed by atoms with Crippen LogP contribution in [0.25, 0.3) is 4.91 Å². The van der Waals surface area contributed by atoms with Gasteiger partial charge in [0.15, 0.2) is 0 Å². The Morgan fingerprint density at radius 2 is 1.71 bits per heavy atom. The van der Waals surface area contributed by atoms with Gasteiger partial charge in [0.25, 0.3) is 0 Å². The van der Waals surface area contributed by atoms with E-state index < -0.39 is 16.9 Å². The molecule has 4 nitrogen and oxygen atoms in total. The number of carbonyl (C=O) groups excluding carboxylic acids is 1. The fraction of sp³-hybridized carbons (Fsp3) is 0.167. The Kier molecular flexibility index (Phi) is 4.48. The van der Waals surface area contributed by atoms with Crippen LogP contribution in [-0.2, 0) is 15.9 Å². The van der Waals surface area contributed by atoms with Crippen molar-refractivity contribution in [1.82, 2.24) is 0 Å². The second-order valence-electron chi connectivity index (χ2n) is 3.03. The van der Waals surface area contributed by atoms with Gasteiger partial charge in [0.2, 0.25) is 5.78 Å². The van der Waals surface area contributed by atoms with Crippen LogP contribution in [0.5, 0.6) is 0 Å². The van der Waals surface area contributed by atoms with Crippen LogP contribution in [0.3, 0.4) is 0 Å². The van der Waals surface area contributed by atoms with E-state index in [1.807, 2.05) is 13.8 Å². The van der Waals surface area contributed by atoms with Crippen molar-refractivity contribution in [3.63, 3.8) is 0 Å². The molecule has 1 aliphatic carbocycles. The predicted molar refractivity (Wildman–Crippen MR) is 66.5 cm³/mol. The van der Waals surface area contributed by atoms with Gasteiger partial charge in [-0.3, -0.25) is 14.4 Å². The van der Waals surface area contributed by atoms with Gasteiger partial charge in [0.1, 0.15) is 5.71 Å². The summed E-state index contributed by atoms with van der Waals surface area (Å²) in [5, 5.41) is 7.51. The number of hydrogen-bond donors (Lipinski definition) is 1. The topological polar surface area (TPSA) is 81.0 Å². The van der Waals surface area contributed by atoms with E-state index in [0.29, 0.717) is 11.1 Å². The lowest BCUT2D eigenvalue weighted by Gasteiger charge is -2.18. The molecule has 2 rings (SSSR count). The molecule has 1 N–H and O–H groups in total. The third-order valence-corrected chi connectivity index (χ3v) is 2.85. The summed E-state index contributed by atoms with van der Waals surface area (Å²) in [5.74, 6) is -0.576. The number of benzene rings is 1. The first-order chi connectivity index (χ1) is 8.11. The van der Waals surface area contributed by atoms with Gasteiger partial charge < -0.3 is 4.55 Å². The number of rotatable bonds is 1. The monoisotopic (exact) mass is 250 g/mol. The molecule has 1 aliphatic rings. The summed E-state index contributed by atoms with van der Waals surface area (Å²) >= 11 is -2.46. The zero-order chi connectivity index (χ0) is 13.0. The van der Waals surface area contributed by atoms with Crippen molar-refractivity contribution in [3.05, 3.63) is 41.5 Å². The Balaban J connectivity index is 0.000000686. The van der Waals surface area contributed by atoms with E-state index in [4.69, 9.17) is 5.41 Å². The summed E-state index contributed by atoms with van der Waals surface area (Å²) in [4.78, 5) is 11.2. The van der Waals surface area contributed by atoms with Crippen LogP contribution in [0.2, 0.25) is 0 Å². The first kappa shape index (κ1) is 13.5. The lowest BCUT2D eigenvalue weighted by Crippen LogP contribution is -2.19. The van der Waals surface area contributed by atoms with Crippen LogP contribution < -0.4 is 0 Å². The zero-order valence-corrected chi connectivity index (χ0v) is 10.3. The average molecular weight is 250 g/mol. The Morgan fingerprint density at radius 3 is 2.24 bits per heavy atom. The SMILES string of the molecule is CC.N=C1C(=O)C=C(S(=O)[O-])c2ccccc21. The summed E-state index contributed by atoms with van der Waals surface area (Å²) in [6, 6.07) is 6.48. The fourth-order valence-corrected chi connectivity index (χ4v) is 2.02. The van der Waals surface area contributed by atoms with Crippen LogP contribution >= 0.6 is 0 Å². The number of hydrogen-bond acceptors (Lipinski definition) is 4. The van der Waals surface area contributed by atoms with Crippen molar-refractivity contribution in [1.29, 1.82) is 5.41 Å². The molecule has 1 aromatic carbocycles. The highest BCUT2D eigenvalue weighted by Gasteiger charge is 2.22. The predicted octanol–water partition coefficient (Wildman–Crippen LogP) is 1.88. The van der Waals surface area contributed by atoms with E-state index in [2.05, 4.69) is 0 Å². The van der Waals surface area contributed by atoms with Crippen molar-refractivity contribution >= 4 is 27.5 Å². The minimum atomic E-state index is -2.46. The molecule has 0 spiro atoms. The molecule has 0 aliphatic heterocycles.